The lowest BCUT2D eigenvalue weighted by molar-refractivity contribution is 0.293. The predicted molar refractivity (Wildman–Crippen MR) is 76.3 cm³/mol. The Bertz CT molecular complexity index is 490. The van der Waals surface area contributed by atoms with E-state index in [1.807, 2.05) is 13.0 Å². The number of hydrogen-bond acceptors (Lipinski definition) is 3. The summed E-state index contributed by atoms with van der Waals surface area (Å²) in [5.41, 5.74) is 3.52. The minimum Gasteiger partial charge on any atom is -0.472 e. The number of aromatic amines is 1. The molecule has 0 saturated carbocycles. The summed E-state index contributed by atoms with van der Waals surface area (Å²) in [6.45, 7) is 6.68. The zero-order valence-electron chi connectivity index (χ0n) is 11.6. The molecule has 0 spiro atoms. The second-order valence-electron chi connectivity index (χ2n) is 4.60. The first kappa shape index (κ1) is 13.6. The summed E-state index contributed by atoms with van der Waals surface area (Å²) in [6.07, 6.45) is 1.06. The number of likely N-dealkylation sites (N-methyl/N-ethyl adjacent to an activating group) is 1. The average Bonchev–Trinajstić information content (AvgIpc) is 2.84. The monoisotopic (exact) mass is 259 g/mol. The van der Waals surface area contributed by atoms with E-state index in [2.05, 4.69) is 46.7 Å². The van der Waals surface area contributed by atoms with Crippen molar-refractivity contribution in [2.24, 2.45) is 0 Å². The molecule has 4 nitrogen and oxygen atoms in total. The van der Waals surface area contributed by atoms with Crippen molar-refractivity contribution in [3.63, 3.8) is 0 Å². The molecule has 0 amide bonds. The summed E-state index contributed by atoms with van der Waals surface area (Å²) in [5.74, 6) is 0.647. The van der Waals surface area contributed by atoms with Gasteiger partial charge in [0.2, 0.25) is 5.88 Å². The van der Waals surface area contributed by atoms with Crippen LogP contribution in [0.2, 0.25) is 0 Å². The maximum absolute atomic E-state index is 5.60. The maximum atomic E-state index is 5.60. The zero-order valence-corrected chi connectivity index (χ0v) is 11.6. The van der Waals surface area contributed by atoms with E-state index in [0.717, 1.165) is 30.8 Å². The fourth-order valence-electron chi connectivity index (χ4n) is 1.84. The average molecular weight is 259 g/mol. The Kier molecular flexibility index (Phi) is 4.98. The van der Waals surface area contributed by atoms with Crippen molar-refractivity contribution in [2.45, 2.75) is 26.9 Å². The van der Waals surface area contributed by atoms with Crippen LogP contribution in [0.1, 0.15) is 23.7 Å². The third-order valence-corrected chi connectivity index (χ3v) is 2.93. The van der Waals surface area contributed by atoms with Gasteiger partial charge in [-0.15, -0.1) is 5.10 Å². The van der Waals surface area contributed by atoms with Crippen molar-refractivity contribution in [1.29, 1.82) is 0 Å². The highest BCUT2D eigenvalue weighted by atomic mass is 16.5. The lowest BCUT2D eigenvalue weighted by Crippen LogP contribution is -2.15. The number of H-pyrrole nitrogens is 1. The van der Waals surface area contributed by atoms with Gasteiger partial charge in [0.05, 0.1) is 0 Å². The summed E-state index contributed by atoms with van der Waals surface area (Å²) < 4.78 is 5.60. The summed E-state index contributed by atoms with van der Waals surface area (Å²) in [7, 11) is 0. The molecule has 4 heteroatoms. The molecule has 1 heterocycles. The van der Waals surface area contributed by atoms with Crippen LogP contribution in [0.3, 0.4) is 0 Å². The number of aryl methyl sites for hydroxylation is 1. The number of aromatic nitrogens is 2. The predicted octanol–water partition coefficient (Wildman–Crippen LogP) is 2.45. The Labute approximate surface area is 114 Å². The molecule has 0 atom stereocenters. The van der Waals surface area contributed by atoms with Crippen LogP contribution in [-0.4, -0.2) is 23.3 Å². The number of hydrogen-bond donors (Lipinski definition) is 2. The molecular weight excluding hydrogens is 238 g/mol. The second kappa shape index (κ2) is 6.95. The molecule has 0 bridgehead atoms. The first-order valence-corrected chi connectivity index (χ1v) is 6.71. The van der Waals surface area contributed by atoms with Crippen LogP contribution in [-0.2, 0) is 13.0 Å². The van der Waals surface area contributed by atoms with Gasteiger partial charge in [-0.05, 0) is 37.6 Å². The summed E-state index contributed by atoms with van der Waals surface area (Å²) in [5, 5.41) is 10.2. The quantitative estimate of drug-likeness (QED) is 0.751. The molecule has 19 heavy (non-hydrogen) atoms. The van der Waals surface area contributed by atoms with Crippen LogP contribution < -0.4 is 10.1 Å². The van der Waals surface area contributed by atoms with Gasteiger partial charge < -0.3 is 10.1 Å². The van der Waals surface area contributed by atoms with Gasteiger partial charge in [0.15, 0.2) is 0 Å². The van der Waals surface area contributed by atoms with Crippen molar-refractivity contribution in [2.75, 3.05) is 13.1 Å². The van der Waals surface area contributed by atoms with Crippen molar-refractivity contribution in [1.82, 2.24) is 15.5 Å². The van der Waals surface area contributed by atoms with E-state index in [4.69, 9.17) is 4.74 Å². The summed E-state index contributed by atoms with van der Waals surface area (Å²) in [6, 6.07) is 10.4. The zero-order chi connectivity index (χ0) is 13.5. The van der Waals surface area contributed by atoms with Crippen LogP contribution in [0.5, 0.6) is 5.88 Å². The van der Waals surface area contributed by atoms with Gasteiger partial charge in [0.1, 0.15) is 6.61 Å². The third-order valence-electron chi connectivity index (χ3n) is 2.93. The van der Waals surface area contributed by atoms with Gasteiger partial charge in [0.25, 0.3) is 0 Å². The largest absolute Gasteiger partial charge is 0.472 e. The first-order chi connectivity index (χ1) is 9.28. The van der Waals surface area contributed by atoms with Gasteiger partial charge in [0, 0.05) is 11.8 Å². The highest BCUT2D eigenvalue weighted by Gasteiger charge is 2.00. The minimum atomic E-state index is 0.553. The fourth-order valence-corrected chi connectivity index (χ4v) is 1.84. The SMILES string of the molecule is CCNCCc1ccc(COc2cc(C)[nH]n2)cc1. The van der Waals surface area contributed by atoms with E-state index in [1.165, 1.54) is 5.56 Å². The molecule has 0 saturated heterocycles. The molecule has 0 radical (unpaired) electrons. The Morgan fingerprint density at radius 3 is 2.58 bits per heavy atom. The van der Waals surface area contributed by atoms with Crippen molar-refractivity contribution < 1.29 is 4.74 Å². The van der Waals surface area contributed by atoms with E-state index in [9.17, 15) is 0 Å². The molecule has 0 aliphatic rings. The van der Waals surface area contributed by atoms with Gasteiger partial charge in [-0.25, -0.2) is 0 Å². The Morgan fingerprint density at radius 2 is 1.95 bits per heavy atom. The van der Waals surface area contributed by atoms with Gasteiger partial charge in [-0.2, -0.15) is 0 Å². The molecule has 2 aromatic rings. The molecule has 1 aromatic carbocycles. The topological polar surface area (TPSA) is 49.9 Å². The minimum absolute atomic E-state index is 0.553. The highest BCUT2D eigenvalue weighted by molar-refractivity contribution is 5.23. The lowest BCUT2D eigenvalue weighted by Gasteiger charge is -2.05. The number of nitrogens with one attached hydrogen (secondary N) is 2. The van der Waals surface area contributed by atoms with Crippen molar-refractivity contribution in [3.05, 3.63) is 47.2 Å². The highest BCUT2D eigenvalue weighted by Crippen LogP contribution is 2.11. The molecular formula is C15H21N3O. The Hall–Kier alpha value is -1.81. The van der Waals surface area contributed by atoms with Gasteiger partial charge in [-0.3, -0.25) is 5.10 Å². The molecule has 0 fully saturated rings. The molecule has 102 valence electrons. The summed E-state index contributed by atoms with van der Waals surface area (Å²) in [4.78, 5) is 0. The number of rotatable bonds is 7. The molecule has 2 rings (SSSR count). The van der Waals surface area contributed by atoms with Gasteiger partial charge in [-0.1, -0.05) is 31.2 Å². The molecule has 0 unspecified atom stereocenters. The van der Waals surface area contributed by atoms with E-state index in [-0.39, 0.29) is 0 Å². The molecule has 0 aliphatic carbocycles. The van der Waals surface area contributed by atoms with Crippen LogP contribution in [0.15, 0.2) is 30.3 Å². The standard InChI is InChI=1S/C15H21N3O/c1-3-16-9-8-13-4-6-14(7-5-13)11-19-15-10-12(2)17-18-15/h4-7,10,16H,3,8-9,11H2,1-2H3,(H,17,18). The maximum Gasteiger partial charge on any atom is 0.233 e. The Morgan fingerprint density at radius 1 is 1.21 bits per heavy atom. The smallest absolute Gasteiger partial charge is 0.233 e. The molecule has 2 N–H and O–H groups in total. The van der Waals surface area contributed by atoms with Crippen LogP contribution >= 0.6 is 0 Å². The number of benzene rings is 1. The van der Waals surface area contributed by atoms with E-state index in [1.54, 1.807) is 0 Å². The number of ether oxygens (including phenoxy) is 1. The van der Waals surface area contributed by atoms with E-state index in [0.29, 0.717) is 12.5 Å². The van der Waals surface area contributed by atoms with Crippen molar-refractivity contribution in [3.8, 4) is 5.88 Å². The summed E-state index contributed by atoms with van der Waals surface area (Å²) >= 11 is 0. The second-order valence-corrected chi connectivity index (χ2v) is 4.60. The Balaban J connectivity index is 1.81. The molecule has 1 aromatic heterocycles. The fraction of sp³-hybridized carbons (Fsp3) is 0.400. The van der Waals surface area contributed by atoms with Crippen molar-refractivity contribution >= 4 is 0 Å². The van der Waals surface area contributed by atoms with Crippen LogP contribution in [0.4, 0.5) is 0 Å². The molecule has 0 aliphatic heterocycles. The normalized spacial score (nSPS) is 10.6. The third kappa shape index (κ3) is 4.41. The van der Waals surface area contributed by atoms with E-state index >= 15 is 0 Å². The van der Waals surface area contributed by atoms with E-state index < -0.39 is 0 Å². The first-order valence-electron chi connectivity index (χ1n) is 6.71. The lowest BCUT2D eigenvalue weighted by atomic mass is 10.1. The van der Waals surface area contributed by atoms with Gasteiger partial charge >= 0.3 is 0 Å². The van der Waals surface area contributed by atoms with Crippen LogP contribution in [0, 0.1) is 6.92 Å². The van der Waals surface area contributed by atoms with Crippen LogP contribution in [0.25, 0.3) is 0 Å². The number of nitrogens with zero attached hydrogens (tertiary/aromatic N) is 1.